The first-order chi connectivity index (χ1) is 6.31. The highest BCUT2D eigenvalue weighted by molar-refractivity contribution is 9.09. The fraction of sp³-hybridized carbons (Fsp3) is 0.833. The lowest BCUT2D eigenvalue weighted by Crippen LogP contribution is -1.94. The summed E-state index contributed by atoms with van der Waals surface area (Å²) >= 11 is 3.66. The van der Waals surface area contributed by atoms with Gasteiger partial charge in [-0.1, -0.05) is 54.3 Å². The summed E-state index contributed by atoms with van der Waals surface area (Å²) in [4.78, 5) is 0.753. The van der Waals surface area contributed by atoms with E-state index in [4.69, 9.17) is 0 Å². The highest BCUT2D eigenvalue weighted by atomic mass is 79.9. The smallest absolute Gasteiger partial charge is 0.0143 e. The van der Waals surface area contributed by atoms with Crippen LogP contribution in [0.5, 0.6) is 0 Å². The predicted octanol–water partition coefficient (Wildman–Crippen LogP) is 5.08. The number of allylic oxidation sites excluding steroid dienone is 2. The molecule has 0 saturated heterocycles. The lowest BCUT2D eigenvalue weighted by Gasteiger charge is -2.05. The van der Waals surface area contributed by atoms with Crippen molar-refractivity contribution in [2.45, 2.75) is 63.6 Å². The van der Waals surface area contributed by atoms with E-state index in [1.54, 1.807) is 0 Å². The Hall–Kier alpha value is 0.220. The maximum Gasteiger partial charge on any atom is 0.0143 e. The number of hydrogen-bond donors (Lipinski definition) is 0. The Morgan fingerprint density at radius 2 is 1.85 bits per heavy atom. The van der Waals surface area contributed by atoms with E-state index in [2.05, 4.69) is 41.9 Å². The summed E-state index contributed by atoms with van der Waals surface area (Å²) in [5.74, 6) is 0. The van der Waals surface area contributed by atoms with Crippen molar-refractivity contribution < 1.29 is 0 Å². The predicted molar refractivity (Wildman–Crippen MR) is 65.5 cm³/mol. The molecule has 0 aliphatic rings. The zero-order valence-corrected chi connectivity index (χ0v) is 10.6. The first-order valence-corrected chi connectivity index (χ1v) is 6.48. The Balaban J connectivity index is 2.99. The second kappa shape index (κ2) is 10.3. The van der Waals surface area contributed by atoms with Gasteiger partial charge in [-0.25, -0.2) is 0 Å². The third-order valence-electron chi connectivity index (χ3n) is 2.32. The summed E-state index contributed by atoms with van der Waals surface area (Å²) in [7, 11) is 0. The van der Waals surface area contributed by atoms with E-state index in [9.17, 15) is 0 Å². The van der Waals surface area contributed by atoms with Crippen LogP contribution in [0.3, 0.4) is 0 Å². The number of rotatable bonds is 8. The van der Waals surface area contributed by atoms with Gasteiger partial charge in [0, 0.05) is 4.83 Å². The van der Waals surface area contributed by atoms with Gasteiger partial charge < -0.3 is 0 Å². The molecule has 1 atom stereocenters. The molecule has 0 radical (unpaired) electrons. The molecule has 0 N–H and O–H groups in total. The monoisotopic (exact) mass is 246 g/mol. The van der Waals surface area contributed by atoms with Crippen molar-refractivity contribution >= 4 is 15.9 Å². The normalized spacial score (nSPS) is 13.8. The molecule has 0 rings (SSSR count). The minimum atomic E-state index is 0.753. The molecule has 0 saturated carbocycles. The molecule has 0 bridgehead atoms. The highest BCUT2D eigenvalue weighted by Crippen LogP contribution is 2.14. The summed E-state index contributed by atoms with van der Waals surface area (Å²) in [6.07, 6.45) is 13.8. The van der Waals surface area contributed by atoms with Crippen molar-refractivity contribution in [3.8, 4) is 0 Å². The molecule has 78 valence electrons. The van der Waals surface area contributed by atoms with Gasteiger partial charge >= 0.3 is 0 Å². The summed E-state index contributed by atoms with van der Waals surface area (Å²) in [5, 5.41) is 0. The molecule has 13 heavy (non-hydrogen) atoms. The van der Waals surface area contributed by atoms with Crippen LogP contribution in [0.1, 0.15) is 58.8 Å². The number of halogens is 1. The topological polar surface area (TPSA) is 0 Å². The van der Waals surface area contributed by atoms with Crippen molar-refractivity contribution in [3.05, 3.63) is 12.2 Å². The Morgan fingerprint density at radius 1 is 1.15 bits per heavy atom. The van der Waals surface area contributed by atoms with E-state index < -0.39 is 0 Å². The Kier molecular flexibility index (Phi) is 10.5. The van der Waals surface area contributed by atoms with Crippen LogP contribution in [0.15, 0.2) is 12.2 Å². The molecule has 0 aliphatic heterocycles. The highest BCUT2D eigenvalue weighted by Gasteiger charge is 1.98. The lowest BCUT2D eigenvalue weighted by atomic mass is 10.1. The van der Waals surface area contributed by atoms with E-state index in [1.165, 1.54) is 44.9 Å². The van der Waals surface area contributed by atoms with E-state index in [1.807, 2.05) is 0 Å². The molecule has 0 heterocycles. The molecule has 0 aliphatic carbocycles. The van der Waals surface area contributed by atoms with E-state index in [0.29, 0.717) is 0 Å². The third-order valence-corrected chi connectivity index (χ3v) is 3.42. The summed E-state index contributed by atoms with van der Waals surface area (Å²) in [6.45, 7) is 4.34. The first kappa shape index (κ1) is 13.2. The summed E-state index contributed by atoms with van der Waals surface area (Å²) in [5.41, 5.74) is 0. The average molecular weight is 247 g/mol. The van der Waals surface area contributed by atoms with Crippen LogP contribution in [0.25, 0.3) is 0 Å². The largest absolute Gasteiger partial charge is 0.0917 e. The van der Waals surface area contributed by atoms with E-state index in [-0.39, 0.29) is 0 Å². The second-order valence-corrected chi connectivity index (χ2v) is 4.86. The minimum absolute atomic E-state index is 0.753. The first-order valence-electron chi connectivity index (χ1n) is 5.56. The Morgan fingerprint density at radius 3 is 2.46 bits per heavy atom. The zero-order valence-electron chi connectivity index (χ0n) is 9.06. The van der Waals surface area contributed by atoms with Crippen LogP contribution in [0, 0.1) is 0 Å². The fourth-order valence-electron chi connectivity index (χ4n) is 1.35. The van der Waals surface area contributed by atoms with Crippen LogP contribution >= 0.6 is 15.9 Å². The second-order valence-electron chi connectivity index (χ2n) is 3.57. The molecule has 0 amide bonds. The Labute approximate surface area is 91.9 Å². The average Bonchev–Trinajstić information content (AvgIpc) is 2.16. The van der Waals surface area contributed by atoms with Gasteiger partial charge in [0.1, 0.15) is 0 Å². The standard InChI is InChI=1S/C12H23Br/c1-3-5-6-7-8-9-10-11-12(13)4-2/h3,5,12H,4,6-11H2,1-2H3. The van der Waals surface area contributed by atoms with Crippen molar-refractivity contribution in [1.29, 1.82) is 0 Å². The van der Waals surface area contributed by atoms with Crippen LogP contribution in [0.4, 0.5) is 0 Å². The van der Waals surface area contributed by atoms with Crippen molar-refractivity contribution in [2.24, 2.45) is 0 Å². The Bertz CT molecular complexity index is 118. The molecule has 0 fully saturated rings. The van der Waals surface area contributed by atoms with Crippen LogP contribution in [0.2, 0.25) is 0 Å². The molecule has 1 unspecified atom stereocenters. The summed E-state index contributed by atoms with van der Waals surface area (Å²) in [6, 6.07) is 0. The van der Waals surface area contributed by atoms with E-state index in [0.717, 1.165) is 4.83 Å². The fourth-order valence-corrected chi connectivity index (χ4v) is 1.68. The van der Waals surface area contributed by atoms with Crippen molar-refractivity contribution in [3.63, 3.8) is 0 Å². The molecule has 0 spiro atoms. The van der Waals surface area contributed by atoms with Gasteiger partial charge in [0.15, 0.2) is 0 Å². The van der Waals surface area contributed by atoms with Gasteiger partial charge in [-0.05, 0) is 32.6 Å². The van der Waals surface area contributed by atoms with Gasteiger partial charge in [0.2, 0.25) is 0 Å². The number of alkyl halides is 1. The molecule has 0 nitrogen and oxygen atoms in total. The van der Waals surface area contributed by atoms with E-state index >= 15 is 0 Å². The van der Waals surface area contributed by atoms with Gasteiger partial charge in [0.05, 0.1) is 0 Å². The number of unbranched alkanes of at least 4 members (excludes halogenated alkanes) is 4. The molecular weight excluding hydrogens is 224 g/mol. The van der Waals surface area contributed by atoms with Gasteiger partial charge in [0.25, 0.3) is 0 Å². The zero-order chi connectivity index (χ0) is 9.94. The molecule has 0 aromatic rings. The lowest BCUT2D eigenvalue weighted by molar-refractivity contribution is 0.603. The van der Waals surface area contributed by atoms with Crippen LogP contribution in [-0.2, 0) is 0 Å². The molecule has 0 aromatic carbocycles. The maximum absolute atomic E-state index is 3.66. The summed E-state index contributed by atoms with van der Waals surface area (Å²) < 4.78 is 0. The maximum atomic E-state index is 3.66. The molecular formula is C12H23Br. The van der Waals surface area contributed by atoms with Gasteiger partial charge in [-0.2, -0.15) is 0 Å². The van der Waals surface area contributed by atoms with Gasteiger partial charge in [-0.3, -0.25) is 0 Å². The van der Waals surface area contributed by atoms with Crippen LogP contribution in [-0.4, -0.2) is 4.83 Å². The minimum Gasteiger partial charge on any atom is -0.0917 e. The van der Waals surface area contributed by atoms with Crippen LogP contribution < -0.4 is 0 Å². The van der Waals surface area contributed by atoms with Crippen molar-refractivity contribution in [2.75, 3.05) is 0 Å². The van der Waals surface area contributed by atoms with Gasteiger partial charge in [-0.15, -0.1) is 0 Å². The van der Waals surface area contributed by atoms with Crippen molar-refractivity contribution in [1.82, 2.24) is 0 Å². The third kappa shape index (κ3) is 10.1. The SMILES string of the molecule is CC=CCCCCCCC(Br)CC. The molecule has 0 aromatic heterocycles. The quantitative estimate of drug-likeness (QED) is 0.319. The number of hydrogen-bond acceptors (Lipinski definition) is 0. The molecule has 1 heteroatoms.